The van der Waals surface area contributed by atoms with Crippen molar-refractivity contribution in [2.24, 2.45) is 0 Å². The number of rotatable bonds is 5. The van der Waals surface area contributed by atoms with Crippen LogP contribution in [0.3, 0.4) is 0 Å². The number of fused-ring (bicyclic) bond motifs is 1. The van der Waals surface area contributed by atoms with E-state index in [2.05, 4.69) is 16.8 Å². The van der Waals surface area contributed by atoms with Crippen LogP contribution in [-0.2, 0) is 4.79 Å². The second kappa shape index (κ2) is 6.53. The van der Waals surface area contributed by atoms with Crippen LogP contribution in [0, 0.1) is 0 Å². The fourth-order valence-electron chi connectivity index (χ4n) is 2.77. The van der Waals surface area contributed by atoms with Crippen molar-refractivity contribution in [2.45, 2.75) is 13.8 Å². The molecule has 1 aromatic heterocycles. The summed E-state index contributed by atoms with van der Waals surface area (Å²) in [5.41, 5.74) is 3.78. The average Bonchev–Trinajstić information content (AvgIpc) is 3.00. The molecule has 0 saturated carbocycles. The number of para-hydroxylation sites is 2. The molecule has 0 atom stereocenters. The third-order valence-electron chi connectivity index (χ3n) is 3.97. The molecule has 3 nitrogen and oxygen atoms in total. The van der Waals surface area contributed by atoms with Crippen molar-refractivity contribution in [3.05, 3.63) is 72.6 Å². The smallest absolute Gasteiger partial charge is 0.161 e. The number of H-pyrrole nitrogens is 1. The lowest BCUT2D eigenvalue weighted by molar-refractivity contribution is -0.111. The molecule has 0 radical (unpaired) electrons. The van der Waals surface area contributed by atoms with Gasteiger partial charge in [-0.25, -0.2) is 0 Å². The van der Waals surface area contributed by atoms with E-state index in [1.165, 1.54) is 0 Å². The molecule has 1 heterocycles. The number of nitrogens with zero attached hydrogens (tertiary/aromatic N) is 1. The van der Waals surface area contributed by atoms with Gasteiger partial charge in [0.15, 0.2) is 5.78 Å². The van der Waals surface area contributed by atoms with Crippen molar-refractivity contribution in [1.82, 2.24) is 4.98 Å². The van der Waals surface area contributed by atoms with Crippen LogP contribution in [0.15, 0.2) is 67.0 Å². The molecule has 0 saturated heterocycles. The Morgan fingerprint density at radius 3 is 2.48 bits per heavy atom. The Labute approximate surface area is 136 Å². The minimum Gasteiger partial charge on any atom is -0.361 e. The second-order valence-electron chi connectivity index (χ2n) is 5.47. The summed E-state index contributed by atoms with van der Waals surface area (Å²) in [5, 5.41) is 1.07. The minimum absolute atomic E-state index is 0.0594. The number of benzene rings is 2. The fraction of sp³-hybridized carbons (Fsp3) is 0.150. The summed E-state index contributed by atoms with van der Waals surface area (Å²) in [5.74, 6) is 0.0594. The van der Waals surface area contributed by atoms with Crippen LogP contribution in [0.2, 0.25) is 0 Å². The van der Waals surface area contributed by atoms with Gasteiger partial charge in [0.05, 0.1) is 0 Å². The third-order valence-corrected chi connectivity index (χ3v) is 3.97. The number of carbonyl (C=O) groups excluding carboxylic acids is 1. The van der Waals surface area contributed by atoms with Crippen LogP contribution in [0.1, 0.15) is 19.4 Å². The van der Waals surface area contributed by atoms with Gasteiger partial charge in [0.2, 0.25) is 0 Å². The summed E-state index contributed by atoms with van der Waals surface area (Å²) in [6.07, 6.45) is 3.87. The summed E-state index contributed by atoms with van der Waals surface area (Å²) in [7, 11) is 0. The topological polar surface area (TPSA) is 36.1 Å². The Balaban J connectivity index is 2.09. The first kappa shape index (κ1) is 15.1. The van der Waals surface area contributed by atoms with E-state index < -0.39 is 0 Å². The highest BCUT2D eigenvalue weighted by Gasteiger charge is 2.14. The first-order chi connectivity index (χ1) is 11.2. The van der Waals surface area contributed by atoms with Crippen LogP contribution in [0.5, 0.6) is 0 Å². The van der Waals surface area contributed by atoms with Gasteiger partial charge in [0.25, 0.3) is 0 Å². The second-order valence-corrected chi connectivity index (χ2v) is 5.47. The first-order valence-electron chi connectivity index (χ1n) is 7.81. The zero-order valence-corrected chi connectivity index (χ0v) is 13.4. The molecule has 0 aliphatic rings. The van der Waals surface area contributed by atoms with Crippen LogP contribution < -0.4 is 4.90 Å². The molecule has 0 bridgehead atoms. The third kappa shape index (κ3) is 3.04. The highest BCUT2D eigenvalue weighted by molar-refractivity contribution is 6.23. The molecule has 0 aliphatic heterocycles. The van der Waals surface area contributed by atoms with Crippen molar-refractivity contribution in [2.75, 3.05) is 11.4 Å². The first-order valence-corrected chi connectivity index (χ1v) is 7.81. The van der Waals surface area contributed by atoms with Gasteiger partial charge >= 0.3 is 0 Å². The van der Waals surface area contributed by atoms with Crippen molar-refractivity contribution in [3.63, 3.8) is 0 Å². The summed E-state index contributed by atoms with van der Waals surface area (Å²) >= 11 is 0. The van der Waals surface area contributed by atoms with Gasteiger partial charge in [-0.2, -0.15) is 0 Å². The average molecular weight is 304 g/mol. The molecule has 23 heavy (non-hydrogen) atoms. The molecule has 116 valence electrons. The standard InChI is InChI=1S/C20H20N2O/c1-3-22(16-9-5-4-6-10-16)14-19(15(2)23)18-13-21-20-12-8-7-11-17(18)20/h4-14,21H,3H2,1-2H3/b19-14+. The normalized spacial score (nSPS) is 11.7. The van der Waals surface area contributed by atoms with Gasteiger partial charge < -0.3 is 9.88 Å². The van der Waals surface area contributed by atoms with Gasteiger partial charge in [-0.3, -0.25) is 4.79 Å². The minimum atomic E-state index is 0.0594. The SMILES string of the molecule is CCN(/C=C(\C(C)=O)c1c[nH]c2ccccc12)c1ccccc1. The molecule has 0 spiro atoms. The number of allylic oxidation sites excluding steroid dienone is 1. The molecule has 0 unspecified atom stereocenters. The summed E-state index contributed by atoms with van der Waals surface area (Å²) in [6, 6.07) is 18.1. The maximum absolute atomic E-state index is 12.3. The summed E-state index contributed by atoms with van der Waals surface area (Å²) in [4.78, 5) is 17.6. The number of nitrogens with one attached hydrogen (secondary N) is 1. The molecular weight excluding hydrogens is 284 g/mol. The number of anilines is 1. The zero-order chi connectivity index (χ0) is 16.2. The molecule has 3 aromatic rings. The monoisotopic (exact) mass is 304 g/mol. The molecule has 1 N–H and O–H groups in total. The molecule has 0 amide bonds. The summed E-state index contributed by atoms with van der Waals surface area (Å²) in [6.45, 7) is 4.49. The van der Waals surface area contributed by atoms with E-state index in [0.29, 0.717) is 5.57 Å². The Hall–Kier alpha value is -2.81. The number of ketones is 1. The fourth-order valence-corrected chi connectivity index (χ4v) is 2.77. The van der Waals surface area contributed by atoms with Gasteiger partial charge in [0, 0.05) is 46.7 Å². The highest BCUT2D eigenvalue weighted by Crippen LogP contribution is 2.27. The van der Waals surface area contributed by atoms with Crippen molar-refractivity contribution in [1.29, 1.82) is 0 Å². The van der Waals surface area contributed by atoms with Crippen molar-refractivity contribution >= 4 is 27.9 Å². The lowest BCUT2D eigenvalue weighted by atomic mass is 10.0. The van der Waals surface area contributed by atoms with E-state index >= 15 is 0 Å². The van der Waals surface area contributed by atoms with Crippen LogP contribution in [-0.4, -0.2) is 17.3 Å². The van der Waals surface area contributed by atoms with Crippen molar-refractivity contribution in [3.8, 4) is 0 Å². The van der Waals surface area contributed by atoms with Crippen LogP contribution >= 0.6 is 0 Å². The number of aromatic amines is 1. The van der Waals surface area contributed by atoms with Gasteiger partial charge in [-0.05, 0) is 32.0 Å². The number of hydrogen-bond donors (Lipinski definition) is 1. The van der Waals surface area contributed by atoms with Gasteiger partial charge in [-0.15, -0.1) is 0 Å². The van der Waals surface area contributed by atoms with E-state index in [9.17, 15) is 4.79 Å². The highest BCUT2D eigenvalue weighted by atomic mass is 16.1. The molecule has 3 heteroatoms. The van der Waals surface area contributed by atoms with Gasteiger partial charge in [0.1, 0.15) is 0 Å². The maximum atomic E-state index is 12.3. The van der Waals surface area contributed by atoms with E-state index in [1.807, 2.05) is 67.0 Å². The lowest BCUT2D eigenvalue weighted by Gasteiger charge is -2.20. The Morgan fingerprint density at radius 2 is 1.78 bits per heavy atom. The van der Waals surface area contributed by atoms with E-state index in [0.717, 1.165) is 28.7 Å². The Morgan fingerprint density at radius 1 is 1.09 bits per heavy atom. The number of carbonyl (C=O) groups is 1. The van der Waals surface area contributed by atoms with E-state index in [-0.39, 0.29) is 5.78 Å². The Bertz CT molecular complexity index is 846. The van der Waals surface area contributed by atoms with Crippen molar-refractivity contribution < 1.29 is 4.79 Å². The molecular formula is C20H20N2O. The summed E-state index contributed by atoms with van der Waals surface area (Å²) < 4.78 is 0. The molecule has 0 fully saturated rings. The molecule has 0 aliphatic carbocycles. The molecule has 3 rings (SSSR count). The van der Waals surface area contributed by atoms with E-state index in [1.54, 1.807) is 6.92 Å². The quantitative estimate of drug-likeness (QED) is 0.698. The maximum Gasteiger partial charge on any atom is 0.161 e. The van der Waals surface area contributed by atoms with E-state index in [4.69, 9.17) is 0 Å². The Kier molecular flexibility index (Phi) is 4.29. The predicted molar refractivity (Wildman–Crippen MR) is 96.4 cm³/mol. The molecule has 2 aromatic carbocycles. The van der Waals surface area contributed by atoms with Gasteiger partial charge in [-0.1, -0.05) is 36.4 Å². The largest absolute Gasteiger partial charge is 0.361 e. The number of aromatic nitrogens is 1. The lowest BCUT2D eigenvalue weighted by Crippen LogP contribution is -2.16. The number of Topliss-reactive ketones (excluding diaryl/α,β-unsaturated/α-hetero) is 1. The predicted octanol–water partition coefficient (Wildman–Crippen LogP) is 4.62. The zero-order valence-electron chi connectivity index (χ0n) is 13.4. The number of hydrogen-bond acceptors (Lipinski definition) is 2. The van der Waals surface area contributed by atoms with Crippen LogP contribution in [0.4, 0.5) is 5.69 Å². The van der Waals surface area contributed by atoms with Crippen LogP contribution in [0.25, 0.3) is 16.5 Å².